The molecular weight excluding hydrogens is 226 g/mol. The Labute approximate surface area is 107 Å². The number of hydrogen-bond acceptors (Lipinski definition) is 2. The first-order valence-corrected chi connectivity index (χ1v) is 6.06. The molecule has 1 aromatic heterocycles. The van der Waals surface area contributed by atoms with Crippen molar-refractivity contribution in [1.29, 1.82) is 0 Å². The van der Waals surface area contributed by atoms with Crippen LogP contribution in [0.15, 0.2) is 30.3 Å². The maximum absolute atomic E-state index is 12.0. The second-order valence-corrected chi connectivity index (χ2v) is 4.21. The van der Waals surface area contributed by atoms with Crippen molar-refractivity contribution < 1.29 is 9.53 Å². The third-order valence-corrected chi connectivity index (χ3v) is 2.92. The fraction of sp³-hybridized carbons (Fsp3) is 0.267. The number of rotatable bonds is 3. The first kappa shape index (κ1) is 12.4. The molecule has 0 fully saturated rings. The number of H-pyrrole nitrogens is 1. The molecule has 0 atom stereocenters. The first-order chi connectivity index (χ1) is 8.65. The molecule has 0 aliphatic rings. The quantitative estimate of drug-likeness (QED) is 0.839. The van der Waals surface area contributed by atoms with Gasteiger partial charge in [-0.15, -0.1) is 0 Å². The van der Waals surface area contributed by atoms with Crippen LogP contribution in [0.5, 0.6) is 0 Å². The number of aryl methyl sites for hydroxylation is 2. The highest BCUT2D eigenvalue weighted by Crippen LogP contribution is 2.30. The molecule has 0 saturated heterocycles. The largest absolute Gasteiger partial charge is 0.462 e. The molecule has 2 aromatic rings. The molecule has 1 aromatic carbocycles. The second-order valence-electron chi connectivity index (χ2n) is 4.21. The predicted octanol–water partition coefficient (Wildman–Crippen LogP) is 3.48. The van der Waals surface area contributed by atoms with Crippen LogP contribution in [-0.4, -0.2) is 17.6 Å². The molecule has 0 aliphatic heterocycles. The van der Waals surface area contributed by atoms with Gasteiger partial charge >= 0.3 is 5.97 Å². The summed E-state index contributed by atoms with van der Waals surface area (Å²) in [4.78, 5) is 15.2. The van der Waals surface area contributed by atoms with Crippen LogP contribution in [0.1, 0.15) is 28.7 Å². The maximum atomic E-state index is 12.0. The number of carbonyl (C=O) groups excluding carboxylic acids is 1. The zero-order valence-corrected chi connectivity index (χ0v) is 10.9. The summed E-state index contributed by atoms with van der Waals surface area (Å²) >= 11 is 0. The molecule has 3 heteroatoms. The van der Waals surface area contributed by atoms with Crippen LogP contribution < -0.4 is 0 Å². The molecule has 2 rings (SSSR count). The maximum Gasteiger partial charge on any atom is 0.340 e. The van der Waals surface area contributed by atoms with Gasteiger partial charge in [-0.25, -0.2) is 4.79 Å². The minimum absolute atomic E-state index is 0.266. The number of aromatic amines is 1. The number of ether oxygens (including phenoxy) is 1. The Hall–Kier alpha value is -2.03. The summed E-state index contributed by atoms with van der Waals surface area (Å²) in [5.74, 6) is -0.266. The van der Waals surface area contributed by atoms with E-state index in [2.05, 4.69) is 4.98 Å². The third kappa shape index (κ3) is 2.16. The van der Waals surface area contributed by atoms with Gasteiger partial charge in [-0.1, -0.05) is 30.3 Å². The summed E-state index contributed by atoms with van der Waals surface area (Å²) < 4.78 is 5.13. The van der Waals surface area contributed by atoms with E-state index >= 15 is 0 Å². The molecule has 0 spiro atoms. The fourth-order valence-electron chi connectivity index (χ4n) is 2.21. The molecule has 0 radical (unpaired) electrons. The van der Waals surface area contributed by atoms with Gasteiger partial charge in [0, 0.05) is 17.0 Å². The number of nitrogens with one attached hydrogen (secondary N) is 1. The van der Waals surface area contributed by atoms with Crippen LogP contribution in [0.25, 0.3) is 11.1 Å². The summed E-state index contributed by atoms with van der Waals surface area (Å²) in [7, 11) is 0. The Morgan fingerprint density at radius 1 is 1.17 bits per heavy atom. The van der Waals surface area contributed by atoms with E-state index in [0.717, 1.165) is 22.5 Å². The monoisotopic (exact) mass is 243 g/mol. The van der Waals surface area contributed by atoms with Crippen molar-refractivity contribution in [2.75, 3.05) is 6.61 Å². The van der Waals surface area contributed by atoms with Crippen molar-refractivity contribution in [2.45, 2.75) is 20.8 Å². The average molecular weight is 243 g/mol. The lowest BCUT2D eigenvalue weighted by Gasteiger charge is -2.06. The molecule has 1 N–H and O–H groups in total. The Kier molecular flexibility index (Phi) is 3.51. The SMILES string of the molecule is CCOC(=O)c1c(C)[nH]c(C)c1-c1ccccc1. The number of benzene rings is 1. The van der Waals surface area contributed by atoms with Gasteiger partial charge in [-0.05, 0) is 26.3 Å². The van der Waals surface area contributed by atoms with Gasteiger partial charge in [-0.3, -0.25) is 0 Å². The molecule has 1 heterocycles. The van der Waals surface area contributed by atoms with Crippen LogP contribution >= 0.6 is 0 Å². The van der Waals surface area contributed by atoms with Crippen LogP contribution in [0.4, 0.5) is 0 Å². The molecule has 3 nitrogen and oxygen atoms in total. The summed E-state index contributed by atoms with van der Waals surface area (Å²) in [6.07, 6.45) is 0. The highest BCUT2D eigenvalue weighted by Gasteiger charge is 2.21. The van der Waals surface area contributed by atoms with Crippen molar-refractivity contribution in [2.24, 2.45) is 0 Å². The van der Waals surface area contributed by atoms with Crippen LogP contribution in [-0.2, 0) is 4.74 Å². The van der Waals surface area contributed by atoms with Crippen molar-refractivity contribution in [1.82, 2.24) is 4.98 Å². The summed E-state index contributed by atoms with van der Waals surface area (Å²) in [6.45, 7) is 6.06. The standard InChI is InChI=1S/C15H17NO2/c1-4-18-15(17)14-11(3)16-10(2)13(14)12-8-6-5-7-9-12/h5-9,16H,4H2,1-3H3. The van der Waals surface area contributed by atoms with Crippen LogP contribution in [0, 0.1) is 13.8 Å². The molecule has 0 unspecified atom stereocenters. The van der Waals surface area contributed by atoms with E-state index < -0.39 is 0 Å². The number of carbonyl (C=O) groups is 1. The lowest BCUT2D eigenvalue weighted by atomic mass is 10.0. The van der Waals surface area contributed by atoms with E-state index in [4.69, 9.17) is 4.74 Å². The second kappa shape index (κ2) is 5.08. The van der Waals surface area contributed by atoms with Crippen molar-refractivity contribution in [3.8, 4) is 11.1 Å². The van der Waals surface area contributed by atoms with Crippen molar-refractivity contribution in [3.63, 3.8) is 0 Å². The fourth-order valence-corrected chi connectivity index (χ4v) is 2.21. The van der Waals surface area contributed by atoms with Crippen LogP contribution in [0.3, 0.4) is 0 Å². The Morgan fingerprint density at radius 3 is 2.44 bits per heavy atom. The van der Waals surface area contributed by atoms with Gasteiger partial charge in [0.25, 0.3) is 0 Å². The highest BCUT2D eigenvalue weighted by atomic mass is 16.5. The average Bonchev–Trinajstić information content (AvgIpc) is 2.65. The van der Waals surface area contributed by atoms with E-state index in [1.54, 1.807) is 0 Å². The minimum atomic E-state index is -0.266. The smallest absolute Gasteiger partial charge is 0.340 e. The van der Waals surface area contributed by atoms with Crippen molar-refractivity contribution >= 4 is 5.97 Å². The Balaban J connectivity index is 2.57. The zero-order valence-electron chi connectivity index (χ0n) is 10.9. The van der Waals surface area contributed by atoms with E-state index in [9.17, 15) is 4.79 Å². The zero-order chi connectivity index (χ0) is 13.1. The van der Waals surface area contributed by atoms with Gasteiger partial charge in [0.05, 0.1) is 12.2 Å². The number of hydrogen-bond donors (Lipinski definition) is 1. The summed E-state index contributed by atoms with van der Waals surface area (Å²) in [6, 6.07) is 9.89. The number of esters is 1. The summed E-state index contributed by atoms with van der Waals surface area (Å²) in [5, 5.41) is 0. The first-order valence-electron chi connectivity index (χ1n) is 6.06. The van der Waals surface area contributed by atoms with Gasteiger partial charge < -0.3 is 9.72 Å². The number of aromatic nitrogens is 1. The predicted molar refractivity (Wildman–Crippen MR) is 71.7 cm³/mol. The van der Waals surface area contributed by atoms with Gasteiger partial charge in [-0.2, -0.15) is 0 Å². The summed E-state index contributed by atoms with van der Waals surface area (Å²) in [5.41, 5.74) is 4.45. The normalized spacial score (nSPS) is 10.4. The van der Waals surface area contributed by atoms with Gasteiger partial charge in [0.1, 0.15) is 0 Å². The van der Waals surface area contributed by atoms with Crippen molar-refractivity contribution in [3.05, 3.63) is 47.3 Å². The van der Waals surface area contributed by atoms with Gasteiger partial charge in [0.2, 0.25) is 0 Å². The lowest BCUT2D eigenvalue weighted by molar-refractivity contribution is 0.0526. The molecule has 18 heavy (non-hydrogen) atoms. The van der Waals surface area contributed by atoms with E-state index in [-0.39, 0.29) is 5.97 Å². The van der Waals surface area contributed by atoms with E-state index in [1.807, 2.05) is 51.1 Å². The molecule has 94 valence electrons. The topological polar surface area (TPSA) is 42.1 Å². The molecule has 0 saturated carbocycles. The highest BCUT2D eigenvalue weighted by molar-refractivity contribution is 5.99. The van der Waals surface area contributed by atoms with E-state index in [1.165, 1.54) is 0 Å². The minimum Gasteiger partial charge on any atom is -0.462 e. The molecular formula is C15H17NO2. The van der Waals surface area contributed by atoms with Gasteiger partial charge in [0.15, 0.2) is 0 Å². The molecule has 0 aliphatic carbocycles. The Morgan fingerprint density at radius 2 is 1.83 bits per heavy atom. The third-order valence-electron chi connectivity index (χ3n) is 2.92. The Bertz CT molecular complexity index is 555. The molecule has 0 bridgehead atoms. The van der Waals surface area contributed by atoms with Crippen LogP contribution in [0.2, 0.25) is 0 Å². The lowest BCUT2D eigenvalue weighted by Crippen LogP contribution is -2.06. The van der Waals surface area contributed by atoms with E-state index in [0.29, 0.717) is 12.2 Å². The molecule has 0 amide bonds.